The number of halogens is 1. The highest BCUT2D eigenvalue weighted by Gasteiger charge is 2.30. The van der Waals surface area contributed by atoms with E-state index < -0.39 is 11.4 Å². The highest BCUT2D eigenvalue weighted by Crippen LogP contribution is 2.30. The van der Waals surface area contributed by atoms with Gasteiger partial charge in [-0.1, -0.05) is 31.5 Å². The summed E-state index contributed by atoms with van der Waals surface area (Å²) in [7, 11) is 0. The van der Waals surface area contributed by atoms with Crippen molar-refractivity contribution in [3.8, 4) is 0 Å². The highest BCUT2D eigenvalue weighted by molar-refractivity contribution is 6.32. The van der Waals surface area contributed by atoms with Crippen LogP contribution in [0.25, 0.3) is 0 Å². The summed E-state index contributed by atoms with van der Waals surface area (Å²) in [6.45, 7) is 7.04. The maximum Gasteiger partial charge on any atom is 0.309 e. The van der Waals surface area contributed by atoms with E-state index in [2.05, 4.69) is 5.32 Å². The second kappa shape index (κ2) is 6.94. The Bertz CT molecular complexity index is 553. The van der Waals surface area contributed by atoms with Gasteiger partial charge >= 0.3 is 5.97 Å². The highest BCUT2D eigenvalue weighted by atomic mass is 35.5. The van der Waals surface area contributed by atoms with E-state index in [1.54, 1.807) is 0 Å². The number of benzene rings is 1. The maximum atomic E-state index is 12.2. The van der Waals surface area contributed by atoms with Gasteiger partial charge in [-0.15, -0.1) is 0 Å². The topological polar surface area (TPSA) is 66.4 Å². The number of carbonyl (C=O) groups is 2. The fourth-order valence-electron chi connectivity index (χ4n) is 2.13. The molecule has 1 rings (SSSR count). The number of hydrogen-bond donors (Lipinski definition) is 2. The van der Waals surface area contributed by atoms with E-state index in [0.29, 0.717) is 11.4 Å². The van der Waals surface area contributed by atoms with E-state index in [1.807, 2.05) is 26.0 Å². The van der Waals surface area contributed by atoms with Crippen molar-refractivity contribution in [3.05, 3.63) is 28.3 Å². The molecular weight excluding hydrogens is 290 g/mol. The van der Waals surface area contributed by atoms with Crippen LogP contribution in [0.15, 0.2) is 12.1 Å². The number of aliphatic carboxylic acids is 1. The molecule has 0 bridgehead atoms. The molecule has 0 saturated heterocycles. The molecule has 0 fully saturated rings. The van der Waals surface area contributed by atoms with Gasteiger partial charge in [0.05, 0.1) is 5.41 Å². The Hall–Kier alpha value is -1.55. The minimum absolute atomic E-state index is 0.0822. The minimum atomic E-state index is -1.10. The van der Waals surface area contributed by atoms with E-state index in [-0.39, 0.29) is 12.3 Å². The Morgan fingerprint density at radius 2 is 1.86 bits per heavy atom. The molecule has 4 nitrogen and oxygen atoms in total. The summed E-state index contributed by atoms with van der Waals surface area (Å²) < 4.78 is 0. The van der Waals surface area contributed by atoms with E-state index in [1.165, 1.54) is 13.8 Å². The van der Waals surface area contributed by atoms with Gasteiger partial charge in [0.25, 0.3) is 0 Å². The third-order valence-electron chi connectivity index (χ3n) is 3.52. The molecule has 0 aliphatic carbocycles. The van der Waals surface area contributed by atoms with Crippen molar-refractivity contribution in [1.82, 2.24) is 0 Å². The zero-order valence-electron chi connectivity index (χ0n) is 12.9. The smallest absolute Gasteiger partial charge is 0.309 e. The van der Waals surface area contributed by atoms with Crippen LogP contribution in [-0.4, -0.2) is 17.0 Å². The molecule has 2 N–H and O–H groups in total. The number of rotatable bonds is 6. The van der Waals surface area contributed by atoms with Gasteiger partial charge in [0.1, 0.15) is 0 Å². The summed E-state index contributed by atoms with van der Waals surface area (Å²) in [5.74, 6) is -1.30. The van der Waals surface area contributed by atoms with Gasteiger partial charge in [0.15, 0.2) is 0 Å². The van der Waals surface area contributed by atoms with Crippen molar-refractivity contribution in [1.29, 1.82) is 0 Å². The van der Waals surface area contributed by atoms with Crippen LogP contribution in [-0.2, 0) is 22.4 Å². The molecule has 1 amide bonds. The Kier molecular flexibility index (Phi) is 5.78. The minimum Gasteiger partial charge on any atom is -0.481 e. The van der Waals surface area contributed by atoms with Crippen LogP contribution in [0.3, 0.4) is 0 Å². The zero-order valence-corrected chi connectivity index (χ0v) is 13.7. The zero-order chi connectivity index (χ0) is 16.2. The monoisotopic (exact) mass is 311 g/mol. The molecule has 5 heteroatoms. The van der Waals surface area contributed by atoms with Gasteiger partial charge in [-0.25, -0.2) is 0 Å². The van der Waals surface area contributed by atoms with E-state index in [9.17, 15) is 9.59 Å². The predicted octanol–water partition coefficient (Wildman–Crippen LogP) is 3.90. The first-order valence-corrected chi connectivity index (χ1v) is 7.44. The lowest BCUT2D eigenvalue weighted by atomic mass is 9.89. The fourth-order valence-corrected chi connectivity index (χ4v) is 2.42. The molecule has 0 aromatic heterocycles. The summed E-state index contributed by atoms with van der Waals surface area (Å²) in [4.78, 5) is 23.3. The van der Waals surface area contributed by atoms with Crippen molar-refractivity contribution < 1.29 is 14.7 Å². The van der Waals surface area contributed by atoms with Gasteiger partial charge in [-0.2, -0.15) is 0 Å². The molecule has 0 heterocycles. The Morgan fingerprint density at radius 3 is 2.33 bits per heavy atom. The van der Waals surface area contributed by atoms with E-state index >= 15 is 0 Å². The number of carbonyl (C=O) groups excluding carboxylic acids is 1. The number of amides is 1. The molecule has 0 aliphatic heterocycles. The van der Waals surface area contributed by atoms with Gasteiger partial charge in [-0.05, 0) is 43.9 Å². The van der Waals surface area contributed by atoms with Crippen molar-refractivity contribution in [2.75, 3.05) is 5.32 Å². The Labute approximate surface area is 130 Å². The van der Waals surface area contributed by atoms with Gasteiger partial charge in [-0.3, -0.25) is 9.59 Å². The second-order valence-electron chi connectivity index (χ2n) is 5.68. The quantitative estimate of drug-likeness (QED) is 0.837. The Morgan fingerprint density at radius 1 is 1.24 bits per heavy atom. The normalized spacial score (nSPS) is 11.3. The van der Waals surface area contributed by atoms with Crippen LogP contribution < -0.4 is 5.32 Å². The Balaban J connectivity index is 3.05. The molecule has 21 heavy (non-hydrogen) atoms. The molecular formula is C16H22ClNO3. The van der Waals surface area contributed by atoms with Gasteiger partial charge in [0.2, 0.25) is 5.91 Å². The largest absolute Gasteiger partial charge is 0.481 e. The van der Waals surface area contributed by atoms with Crippen molar-refractivity contribution in [2.24, 2.45) is 5.41 Å². The van der Waals surface area contributed by atoms with Crippen LogP contribution in [0.4, 0.5) is 5.69 Å². The van der Waals surface area contributed by atoms with Gasteiger partial charge < -0.3 is 10.4 Å². The van der Waals surface area contributed by atoms with Crippen molar-refractivity contribution in [3.63, 3.8) is 0 Å². The number of hydrogen-bond acceptors (Lipinski definition) is 2. The van der Waals surface area contributed by atoms with E-state index in [4.69, 9.17) is 16.7 Å². The number of carboxylic acids is 1. The number of anilines is 1. The summed E-state index contributed by atoms with van der Waals surface area (Å²) in [6, 6.07) is 3.72. The first kappa shape index (κ1) is 17.5. The van der Waals surface area contributed by atoms with Crippen molar-refractivity contribution >= 4 is 29.2 Å². The average Bonchev–Trinajstić information content (AvgIpc) is 2.38. The number of nitrogens with one attached hydrogen (secondary N) is 1. The van der Waals surface area contributed by atoms with E-state index in [0.717, 1.165) is 23.2 Å². The molecule has 1 aromatic carbocycles. The lowest BCUT2D eigenvalue weighted by Gasteiger charge is -2.20. The molecule has 0 unspecified atom stereocenters. The van der Waals surface area contributed by atoms with Gasteiger partial charge in [0, 0.05) is 17.1 Å². The third-order valence-corrected chi connectivity index (χ3v) is 3.88. The van der Waals surface area contributed by atoms with Crippen LogP contribution in [0.2, 0.25) is 5.02 Å². The first-order chi connectivity index (χ1) is 9.72. The lowest BCUT2D eigenvalue weighted by Crippen LogP contribution is -2.30. The molecule has 0 saturated carbocycles. The summed E-state index contributed by atoms with van der Waals surface area (Å²) in [5.41, 5.74) is 1.51. The summed E-state index contributed by atoms with van der Waals surface area (Å²) in [6.07, 6.45) is 1.38. The van der Waals surface area contributed by atoms with Crippen LogP contribution in [0.5, 0.6) is 0 Å². The standard InChI is InChI=1S/C16H22ClNO3/c1-5-10-7-8-12(17)11(6-2)14(10)18-13(19)9-16(3,4)15(20)21/h7-8H,5-6,9H2,1-4H3,(H,18,19)(H,20,21). The SMILES string of the molecule is CCc1ccc(Cl)c(CC)c1NC(=O)CC(C)(C)C(=O)O. The third kappa shape index (κ3) is 4.21. The molecule has 0 radical (unpaired) electrons. The average molecular weight is 312 g/mol. The maximum absolute atomic E-state index is 12.2. The summed E-state index contributed by atoms with van der Waals surface area (Å²) >= 11 is 6.18. The molecule has 1 aromatic rings. The fraction of sp³-hybridized carbons (Fsp3) is 0.500. The molecule has 0 spiro atoms. The summed E-state index contributed by atoms with van der Waals surface area (Å²) in [5, 5.41) is 12.6. The molecule has 0 atom stereocenters. The van der Waals surface area contributed by atoms with Crippen molar-refractivity contribution in [2.45, 2.75) is 47.0 Å². The number of carboxylic acid groups (broad SMARTS) is 1. The van der Waals surface area contributed by atoms with Crippen LogP contribution >= 0.6 is 11.6 Å². The lowest BCUT2D eigenvalue weighted by molar-refractivity contribution is -0.148. The second-order valence-corrected chi connectivity index (χ2v) is 6.09. The van der Waals surface area contributed by atoms with Crippen LogP contribution in [0.1, 0.15) is 45.2 Å². The number of aryl methyl sites for hydroxylation is 1. The van der Waals surface area contributed by atoms with Crippen LogP contribution in [0, 0.1) is 5.41 Å². The molecule has 116 valence electrons. The first-order valence-electron chi connectivity index (χ1n) is 7.06. The predicted molar refractivity (Wildman–Crippen MR) is 84.9 cm³/mol. The molecule has 0 aliphatic rings.